The molecule has 0 N–H and O–H groups in total. The van der Waals surface area contributed by atoms with E-state index < -0.39 is 0 Å². The van der Waals surface area contributed by atoms with E-state index in [4.69, 9.17) is 4.74 Å². The predicted octanol–water partition coefficient (Wildman–Crippen LogP) is 5.30. The van der Waals surface area contributed by atoms with Crippen molar-refractivity contribution in [2.75, 3.05) is 6.54 Å². The summed E-state index contributed by atoms with van der Waals surface area (Å²) in [4.78, 5) is 18.7. The van der Waals surface area contributed by atoms with Gasteiger partial charge in [0.1, 0.15) is 11.5 Å². The molecule has 0 saturated carbocycles. The maximum absolute atomic E-state index is 12.4. The largest absolute Gasteiger partial charge is 0.456 e. The Hall–Kier alpha value is -3.14. The molecule has 1 amide bonds. The number of unbranched alkanes of at least 4 members (excludes halogenated alkanes) is 1. The van der Waals surface area contributed by atoms with Crippen LogP contribution in [0.15, 0.2) is 67.0 Å². The number of rotatable bonds is 6. The first kappa shape index (κ1) is 17.3. The SMILES string of the molecule is CCCCN1Cc2cc(Oc3cncc(-c4ccccc4)c3)ccc2C1=O. The van der Waals surface area contributed by atoms with Crippen LogP contribution in [0.4, 0.5) is 0 Å². The van der Waals surface area contributed by atoms with Crippen LogP contribution in [0, 0.1) is 0 Å². The van der Waals surface area contributed by atoms with Crippen molar-refractivity contribution < 1.29 is 9.53 Å². The molecule has 0 bridgehead atoms. The molecule has 0 aliphatic carbocycles. The van der Waals surface area contributed by atoms with E-state index in [9.17, 15) is 4.79 Å². The second-order valence-corrected chi connectivity index (χ2v) is 6.78. The van der Waals surface area contributed by atoms with Gasteiger partial charge in [-0.1, -0.05) is 43.7 Å². The van der Waals surface area contributed by atoms with E-state index in [1.807, 2.05) is 65.7 Å². The molecule has 4 rings (SSSR count). The Morgan fingerprint density at radius 1 is 1.00 bits per heavy atom. The van der Waals surface area contributed by atoms with Gasteiger partial charge in [-0.15, -0.1) is 0 Å². The average molecular weight is 358 g/mol. The van der Waals surface area contributed by atoms with E-state index in [-0.39, 0.29) is 5.91 Å². The van der Waals surface area contributed by atoms with Crippen molar-refractivity contribution in [3.8, 4) is 22.6 Å². The first-order valence-electron chi connectivity index (χ1n) is 9.35. The third-order valence-corrected chi connectivity index (χ3v) is 4.79. The van der Waals surface area contributed by atoms with Gasteiger partial charge in [-0.25, -0.2) is 0 Å². The summed E-state index contributed by atoms with van der Waals surface area (Å²) < 4.78 is 6.03. The average Bonchev–Trinajstić information content (AvgIpc) is 3.02. The van der Waals surface area contributed by atoms with Gasteiger partial charge in [0.25, 0.3) is 5.91 Å². The quantitative estimate of drug-likeness (QED) is 0.601. The van der Waals surface area contributed by atoms with Gasteiger partial charge in [0.05, 0.1) is 6.20 Å². The molecule has 4 heteroatoms. The minimum Gasteiger partial charge on any atom is -0.456 e. The summed E-state index contributed by atoms with van der Waals surface area (Å²) in [6.07, 6.45) is 5.65. The van der Waals surface area contributed by atoms with Crippen molar-refractivity contribution in [3.05, 3.63) is 78.1 Å². The molecule has 2 aromatic carbocycles. The zero-order chi connectivity index (χ0) is 18.6. The smallest absolute Gasteiger partial charge is 0.254 e. The highest BCUT2D eigenvalue weighted by Gasteiger charge is 2.27. The summed E-state index contributed by atoms with van der Waals surface area (Å²) >= 11 is 0. The molecule has 3 aromatic rings. The van der Waals surface area contributed by atoms with E-state index in [1.54, 1.807) is 6.20 Å². The third kappa shape index (κ3) is 3.70. The molecule has 0 radical (unpaired) electrons. The van der Waals surface area contributed by atoms with Crippen LogP contribution in [0.5, 0.6) is 11.5 Å². The summed E-state index contributed by atoms with van der Waals surface area (Å²) in [6, 6.07) is 17.8. The van der Waals surface area contributed by atoms with Gasteiger partial charge in [0.15, 0.2) is 0 Å². The lowest BCUT2D eigenvalue weighted by Crippen LogP contribution is -2.24. The summed E-state index contributed by atoms with van der Waals surface area (Å²) in [5, 5.41) is 0. The summed E-state index contributed by atoms with van der Waals surface area (Å²) in [6.45, 7) is 3.61. The maximum Gasteiger partial charge on any atom is 0.254 e. The van der Waals surface area contributed by atoms with E-state index >= 15 is 0 Å². The zero-order valence-electron chi connectivity index (χ0n) is 15.4. The topological polar surface area (TPSA) is 42.4 Å². The van der Waals surface area contributed by atoms with Crippen LogP contribution in [-0.2, 0) is 6.54 Å². The van der Waals surface area contributed by atoms with Gasteiger partial charge in [-0.2, -0.15) is 0 Å². The number of nitrogens with zero attached hydrogens (tertiary/aromatic N) is 2. The van der Waals surface area contributed by atoms with Crippen molar-refractivity contribution >= 4 is 5.91 Å². The Morgan fingerprint density at radius 3 is 2.67 bits per heavy atom. The standard InChI is InChI=1S/C23H22N2O2/c1-2-3-11-25-16-19-13-20(9-10-22(19)23(25)26)27-21-12-18(14-24-15-21)17-7-5-4-6-8-17/h4-10,12-15H,2-3,11,16H2,1H3. The van der Waals surface area contributed by atoms with Gasteiger partial charge < -0.3 is 9.64 Å². The lowest BCUT2D eigenvalue weighted by molar-refractivity contribution is 0.0776. The van der Waals surface area contributed by atoms with Gasteiger partial charge in [-0.05, 0) is 41.8 Å². The number of benzene rings is 2. The molecule has 1 aliphatic heterocycles. The first-order valence-corrected chi connectivity index (χ1v) is 9.35. The molecule has 0 unspecified atom stereocenters. The molecular weight excluding hydrogens is 336 g/mol. The lowest BCUT2D eigenvalue weighted by Gasteiger charge is -2.14. The summed E-state index contributed by atoms with van der Waals surface area (Å²) in [5.74, 6) is 1.53. The van der Waals surface area contributed by atoms with Crippen LogP contribution in [0.1, 0.15) is 35.7 Å². The molecule has 0 spiro atoms. The molecule has 0 saturated heterocycles. The fourth-order valence-electron chi connectivity index (χ4n) is 3.35. The number of carbonyl (C=O) groups is 1. The van der Waals surface area contributed by atoms with Crippen molar-refractivity contribution in [1.82, 2.24) is 9.88 Å². The van der Waals surface area contributed by atoms with E-state index in [1.165, 1.54) is 0 Å². The number of hydrogen-bond acceptors (Lipinski definition) is 3. The van der Waals surface area contributed by atoms with Gasteiger partial charge in [0.2, 0.25) is 0 Å². The minimum atomic E-state index is 0.123. The fourth-order valence-corrected chi connectivity index (χ4v) is 3.35. The van der Waals surface area contributed by atoms with E-state index in [0.717, 1.165) is 47.4 Å². The maximum atomic E-state index is 12.4. The highest BCUT2D eigenvalue weighted by molar-refractivity contribution is 5.98. The summed E-state index contributed by atoms with van der Waals surface area (Å²) in [7, 11) is 0. The van der Waals surface area contributed by atoms with Crippen molar-refractivity contribution in [3.63, 3.8) is 0 Å². The highest BCUT2D eigenvalue weighted by Crippen LogP contribution is 2.30. The van der Waals surface area contributed by atoms with Gasteiger partial charge >= 0.3 is 0 Å². The molecule has 0 fully saturated rings. The van der Waals surface area contributed by atoms with Crippen molar-refractivity contribution in [2.24, 2.45) is 0 Å². The van der Waals surface area contributed by atoms with Crippen LogP contribution in [0.25, 0.3) is 11.1 Å². The Bertz CT molecular complexity index is 954. The van der Waals surface area contributed by atoms with Crippen LogP contribution in [0.2, 0.25) is 0 Å². The Balaban J connectivity index is 1.53. The molecule has 4 nitrogen and oxygen atoms in total. The van der Waals surface area contributed by atoms with Crippen molar-refractivity contribution in [1.29, 1.82) is 0 Å². The molecule has 27 heavy (non-hydrogen) atoms. The number of aromatic nitrogens is 1. The number of amides is 1. The number of fused-ring (bicyclic) bond motifs is 1. The van der Waals surface area contributed by atoms with Crippen LogP contribution >= 0.6 is 0 Å². The number of ether oxygens (including phenoxy) is 1. The monoisotopic (exact) mass is 358 g/mol. The molecule has 0 atom stereocenters. The Labute approximate surface area is 159 Å². The zero-order valence-corrected chi connectivity index (χ0v) is 15.4. The number of pyridine rings is 1. The van der Waals surface area contributed by atoms with Gasteiger partial charge in [-0.3, -0.25) is 9.78 Å². The fraction of sp³-hybridized carbons (Fsp3) is 0.217. The molecule has 1 aromatic heterocycles. The third-order valence-electron chi connectivity index (χ3n) is 4.79. The van der Waals surface area contributed by atoms with Crippen LogP contribution < -0.4 is 4.74 Å². The minimum absolute atomic E-state index is 0.123. The van der Waals surface area contributed by atoms with Crippen LogP contribution in [0.3, 0.4) is 0 Å². The Morgan fingerprint density at radius 2 is 1.85 bits per heavy atom. The second kappa shape index (κ2) is 7.62. The Kier molecular flexibility index (Phi) is 4.88. The molecular formula is C23H22N2O2. The first-order chi connectivity index (χ1) is 13.2. The van der Waals surface area contributed by atoms with Gasteiger partial charge in [0, 0.05) is 30.4 Å². The second-order valence-electron chi connectivity index (χ2n) is 6.78. The number of carbonyl (C=O) groups excluding carboxylic acids is 1. The number of hydrogen-bond donors (Lipinski definition) is 0. The molecule has 2 heterocycles. The molecule has 136 valence electrons. The van der Waals surface area contributed by atoms with Crippen molar-refractivity contribution in [2.45, 2.75) is 26.3 Å². The lowest BCUT2D eigenvalue weighted by atomic mass is 10.1. The van der Waals surface area contributed by atoms with E-state index in [0.29, 0.717) is 12.3 Å². The predicted molar refractivity (Wildman–Crippen MR) is 106 cm³/mol. The normalized spacial score (nSPS) is 12.9. The highest BCUT2D eigenvalue weighted by atomic mass is 16.5. The molecule has 1 aliphatic rings. The summed E-state index contributed by atoms with van der Waals surface area (Å²) in [5.41, 5.74) is 3.92. The van der Waals surface area contributed by atoms with E-state index in [2.05, 4.69) is 11.9 Å². The van der Waals surface area contributed by atoms with Crippen LogP contribution in [-0.4, -0.2) is 22.3 Å².